The Morgan fingerprint density at radius 1 is 1.53 bits per heavy atom. The van der Waals surface area contributed by atoms with Crippen molar-refractivity contribution in [1.29, 1.82) is 0 Å². The van der Waals surface area contributed by atoms with Gasteiger partial charge < -0.3 is 5.73 Å². The van der Waals surface area contributed by atoms with Gasteiger partial charge in [0.15, 0.2) is 0 Å². The first-order chi connectivity index (χ1) is 7.23. The summed E-state index contributed by atoms with van der Waals surface area (Å²) in [4.78, 5) is 4.67. The maximum atomic E-state index is 5.88. The normalized spacial score (nSPS) is 48.7. The lowest BCUT2D eigenvalue weighted by Crippen LogP contribution is -2.25. The van der Waals surface area contributed by atoms with Gasteiger partial charge in [0, 0.05) is 11.2 Å². The Labute approximate surface area is 96.1 Å². The van der Waals surface area contributed by atoms with Gasteiger partial charge in [-0.05, 0) is 37.5 Å². The average molecular weight is 224 g/mol. The molecule has 0 aromatic heterocycles. The van der Waals surface area contributed by atoms with Crippen LogP contribution >= 0.6 is 11.8 Å². The molecule has 0 saturated heterocycles. The second-order valence-corrected chi connectivity index (χ2v) is 6.48. The highest BCUT2D eigenvalue weighted by Gasteiger charge is 2.53. The highest BCUT2D eigenvalue weighted by Crippen LogP contribution is 2.60. The molecule has 3 aliphatic rings. The van der Waals surface area contributed by atoms with Crippen LogP contribution in [-0.4, -0.2) is 17.0 Å². The third-order valence-corrected chi connectivity index (χ3v) is 5.94. The van der Waals surface area contributed by atoms with Gasteiger partial charge in [0.25, 0.3) is 0 Å². The summed E-state index contributed by atoms with van der Waals surface area (Å²) in [6.45, 7) is 2.34. The highest BCUT2D eigenvalue weighted by molar-refractivity contribution is 8.14. The molecule has 2 fully saturated rings. The summed E-state index contributed by atoms with van der Waals surface area (Å²) in [7, 11) is 0. The fraction of sp³-hybridized carbons (Fsp3) is 0.917. The number of hydrogen-bond donors (Lipinski definition) is 1. The van der Waals surface area contributed by atoms with E-state index in [2.05, 4.69) is 11.9 Å². The van der Waals surface area contributed by atoms with Gasteiger partial charge in [-0.1, -0.05) is 13.3 Å². The molecule has 0 aromatic rings. The summed E-state index contributed by atoms with van der Waals surface area (Å²) < 4.78 is 0. The van der Waals surface area contributed by atoms with Crippen LogP contribution in [0.3, 0.4) is 0 Å². The molecule has 15 heavy (non-hydrogen) atoms. The van der Waals surface area contributed by atoms with Gasteiger partial charge in [-0.3, -0.25) is 4.99 Å². The van der Waals surface area contributed by atoms with Crippen LogP contribution in [-0.2, 0) is 0 Å². The molecule has 0 radical (unpaired) electrons. The van der Waals surface area contributed by atoms with Gasteiger partial charge in [-0.2, -0.15) is 0 Å². The molecule has 4 unspecified atom stereocenters. The quantitative estimate of drug-likeness (QED) is 0.783. The SMILES string of the molecule is CCC1CC2(C3=NC(N)CS3)CCC1C2. The van der Waals surface area contributed by atoms with Crippen molar-refractivity contribution in [3.8, 4) is 0 Å². The Morgan fingerprint density at radius 3 is 3.00 bits per heavy atom. The summed E-state index contributed by atoms with van der Waals surface area (Å²) in [5.41, 5.74) is 6.36. The van der Waals surface area contributed by atoms with Crippen molar-refractivity contribution in [2.75, 3.05) is 5.75 Å². The first-order valence-electron chi connectivity index (χ1n) is 6.20. The van der Waals surface area contributed by atoms with Crippen LogP contribution in [0.2, 0.25) is 0 Å². The predicted octanol–water partition coefficient (Wildman–Crippen LogP) is 2.63. The van der Waals surface area contributed by atoms with Crippen LogP contribution in [0, 0.1) is 17.3 Å². The molecule has 1 aliphatic heterocycles. The Hall–Kier alpha value is -0.0200. The van der Waals surface area contributed by atoms with Gasteiger partial charge >= 0.3 is 0 Å². The summed E-state index contributed by atoms with van der Waals surface area (Å²) in [5, 5.41) is 1.41. The fourth-order valence-electron chi connectivity index (χ4n) is 3.86. The van der Waals surface area contributed by atoms with Crippen LogP contribution in [0.4, 0.5) is 0 Å². The van der Waals surface area contributed by atoms with E-state index in [0.29, 0.717) is 5.41 Å². The van der Waals surface area contributed by atoms with Crippen LogP contribution in [0.25, 0.3) is 0 Å². The zero-order chi connectivity index (χ0) is 10.5. The molecule has 4 atom stereocenters. The second kappa shape index (κ2) is 3.49. The molecule has 84 valence electrons. The molecular formula is C12H20N2S. The molecule has 2 bridgehead atoms. The number of nitrogens with zero attached hydrogens (tertiary/aromatic N) is 1. The molecular weight excluding hydrogens is 204 g/mol. The van der Waals surface area contributed by atoms with Gasteiger partial charge in [0.2, 0.25) is 0 Å². The minimum atomic E-state index is 0.0825. The van der Waals surface area contributed by atoms with Crippen LogP contribution in [0.1, 0.15) is 39.0 Å². The molecule has 3 heteroatoms. The third-order valence-electron chi connectivity index (χ3n) is 4.62. The maximum Gasteiger partial charge on any atom is 0.107 e. The zero-order valence-electron chi connectivity index (χ0n) is 9.41. The highest BCUT2D eigenvalue weighted by atomic mass is 32.2. The Balaban J connectivity index is 1.84. The van der Waals surface area contributed by atoms with E-state index in [-0.39, 0.29) is 6.17 Å². The minimum absolute atomic E-state index is 0.0825. The van der Waals surface area contributed by atoms with Crippen LogP contribution < -0.4 is 5.73 Å². The zero-order valence-corrected chi connectivity index (χ0v) is 10.2. The van der Waals surface area contributed by atoms with E-state index >= 15 is 0 Å². The van der Waals surface area contributed by atoms with Crippen LogP contribution in [0.5, 0.6) is 0 Å². The van der Waals surface area contributed by atoms with E-state index in [1.807, 2.05) is 11.8 Å². The van der Waals surface area contributed by atoms with Crippen molar-refractivity contribution in [1.82, 2.24) is 0 Å². The molecule has 2 nitrogen and oxygen atoms in total. The Bertz CT molecular complexity index is 302. The van der Waals surface area contributed by atoms with Crippen molar-refractivity contribution in [3.05, 3.63) is 0 Å². The summed E-state index contributed by atoms with van der Waals surface area (Å²) in [5.74, 6) is 2.98. The monoisotopic (exact) mass is 224 g/mol. The maximum absolute atomic E-state index is 5.88. The third kappa shape index (κ3) is 1.47. The van der Waals surface area contributed by atoms with E-state index in [1.165, 1.54) is 37.1 Å². The van der Waals surface area contributed by atoms with Crippen molar-refractivity contribution >= 4 is 16.8 Å². The molecule has 0 spiro atoms. The lowest BCUT2D eigenvalue weighted by Gasteiger charge is -2.29. The molecule has 3 rings (SSSR count). The Morgan fingerprint density at radius 2 is 2.40 bits per heavy atom. The Kier molecular flexibility index (Phi) is 2.36. The number of aliphatic imine (C=N–C) groups is 1. The molecule has 2 saturated carbocycles. The molecule has 2 aliphatic carbocycles. The molecule has 0 amide bonds. The lowest BCUT2D eigenvalue weighted by molar-refractivity contribution is 0.302. The number of thioether (sulfide) groups is 1. The van der Waals surface area contributed by atoms with Crippen molar-refractivity contribution < 1.29 is 0 Å². The first-order valence-corrected chi connectivity index (χ1v) is 7.19. The number of fused-ring (bicyclic) bond motifs is 2. The predicted molar refractivity (Wildman–Crippen MR) is 66.0 cm³/mol. The van der Waals surface area contributed by atoms with Crippen molar-refractivity contribution in [2.45, 2.75) is 45.2 Å². The van der Waals surface area contributed by atoms with Gasteiger partial charge in [0.05, 0.1) is 5.04 Å². The smallest absolute Gasteiger partial charge is 0.107 e. The van der Waals surface area contributed by atoms with Gasteiger partial charge in [-0.15, -0.1) is 11.8 Å². The largest absolute Gasteiger partial charge is 0.309 e. The molecule has 0 aromatic carbocycles. The van der Waals surface area contributed by atoms with E-state index in [1.54, 1.807) is 0 Å². The van der Waals surface area contributed by atoms with Gasteiger partial charge in [0.1, 0.15) is 6.17 Å². The van der Waals surface area contributed by atoms with Crippen molar-refractivity contribution in [3.63, 3.8) is 0 Å². The van der Waals surface area contributed by atoms with E-state index in [9.17, 15) is 0 Å². The summed E-state index contributed by atoms with van der Waals surface area (Å²) in [6, 6.07) is 0. The standard InChI is InChI=1S/C12H20N2S/c1-2-8-5-12(4-3-9(8)6-12)11-14-10(13)7-15-11/h8-10H,2-7,13H2,1H3. The van der Waals surface area contributed by atoms with Gasteiger partial charge in [-0.25, -0.2) is 0 Å². The topological polar surface area (TPSA) is 38.4 Å². The molecule has 2 N–H and O–H groups in total. The number of rotatable bonds is 2. The van der Waals surface area contributed by atoms with E-state index in [4.69, 9.17) is 5.73 Å². The lowest BCUT2D eigenvalue weighted by atomic mass is 9.80. The fourth-order valence-corrected chi connectivity index (χ4v) is 5.05. The summed E-state index contributed by atoms with van der Waals surface area (Å²) in [6.07, 6.45) is 7.06. The minimum Gasteiger partial charge on any atom is -0.309 e. The van der Waals surface area contributed by atoms with E-state index < -0.39 is 0 Å². The van der Waals surface area contributed by atoms with E-state index in [0.717, 1.165) is 17.6 Å². The first kappa shape index (κ1) is 10.2. The molecule has 1 heterocycles. The second-order valence-electron chi connectivity index (χ2n) is 5.47. The summed E-state index contributed by atoms with van der Waals surface area (Å²) >= 11 is 1.94. The van der Waals surface area contributed by atoms with Crippen molar-refractivity contribution in [2.24, 2.45) is 28.0 Å². The van der Waals surface area contributed by atoms with Crippen LogP contribution in [0.15, 0.2) is 4.99 Å². The average Bonchev–Trinajstić information content (AvgIpc) is 2.90. The number of nitrogens with two attached hydrogens (primary N) is 1. The number of hydrogen-bond acceptors (Lipinski definition) is 3.